The fourth-order valence-corrected chi connectivity index (χ4v) is 1.73. The fourth-order valence-electron chi connectivity index (χ4n) is 1.73. The molecule has 4 heteroatoms. The van der Waals surface area contributed by atoms with Gasteiger partial charge in [-0.1, -0.05) is 13.8 Å². The Bertz CT molecular complexity index is 392. The Balaban J connectivity index is 3.19. The van der Waals surface area contributed by atoms with Crippen molar-refractivity contribution in [1.29, 1.82) is 0 Å². The summed E-state index contributed by atoms with van der Waals surface area (Å²) in [6, 6.07) is 0. The van der Waals surface area contributed by atoms with Crippen molar-refractivity contribution in [2.24, 2.45) is 13.0 Å². The third-order valence-electron chi connectivity index (χ3n) is 2.87. The van der Waals surface area contributed by atoms with Gasteiger partial charge in [0, 0.05) is 18.3 Å². The molecule has 1 N–H and O–H groups in total. The molecule has 16 heavy (non-hydrogen) atoms. The molecule has 0 saturated carbocycles. The van der Waals surface area contributed by atoms with Crippen LogP contribution in [-0.4, -0.2) is 20.9 Å². The maximum Gasteiger partial charge on any atom is 0.313 e. The van der Waals surface area contributed by atoms with E-state index in [9.17, 15) is 9.90 Å². The van der Waals surface area contributed by atoms with Crippen LogP contribution in [0.1, 0.15) is 39.0 Å². The van der Waals surface area contributed by atoms with Crippen LogP contribution in [0.25, 0.3) is 0 Å². The minimum absolute atomic E-state index is 0.485. The molecule has 0 fully saturated rings. The van der Waals surface area contributed by atoms with Crippen molar-refractivity contribution in [2.45, 2.75) is 39.5 Å². The first-order valence-electron chi connectivity index (χ1n) is 5.51. The van der Waals surface area contributed by atoms with Crippen molar-refractivity contribution >= 4 is 5.97 Å². The van der Waals surface area contributed by atoms with Gasteiger partial charge in [-0.15, -0.1) is 0 Å². The number of carboxylic acids is 1. The van der Waals surface area contributed by atoms with Gasteiger partial charge in [0.15, 0.2) is 0 Å². The Morgan fingerprint density at radius 1 is 1.56 bits per heavy atom. The molecule has 0 aromatic carbocycles. The van der Waals surface area contributed by atoms with Crippen molar-refractivity contribution in [3.8, 4) is 0 Å². The van der Waals surface area contributed by atoms with Gasteiger partial charge >= 0.3 is 5.97 Å². The normalized spacial score (nSPS) is 12.1. The van der Waals surface area contributed by atoms with Crippen LogP contribution >= 0.6 is 0 Å². The minimum Gasteiger partial charge on any atom is -0.481 e. The van der Waals surface area contributed by atoms with E-state index in [0.717, 1.165) is 17.7 Å². The third-order valence-corrected chi connectivity index (χ3v) is 2.87. The summed E-state index contributed by atoms with van der Waals surface area (Å²) in [4.78, 5) is 11.2. The van der Waals surface area contributed by atoms with E-state index in [-0.39, 0.29) is 0 Å². The second-order valence-electron chi connectivity index (χ2n) is 5.16. The van der Waals surface area contributed by atoms with Crippen LogP contribution in [0.2, 0.25) is 0 Å². The molecule has 0 spiro atoms. The summed E-state index contributed by atoms with van der Waals surface area (Å²) < 4.78 is 1.78. The van der Waals surface area contributed by atoms with Crippen LogP contribution in [0.3, 0.4) is 0 Å². The largest absolute Gasteiger partial charge is 0.481 e. The molecule has 0 amide bonds. The number of carboxylic acid groups (broad SMARTS) is 1. The van der Waals surface area contributed by atoms with Crippen LogP contribution in [0.15, 0.2) is 6.20 Å². The molecule has 0 atom stereocenters. The van der Waals surface area contributed by atoms with Gasteiger partial charge in [0.2, 0.25) is 0 Å². The highest BCUT2D eigenvalue weighted by Crippen LogP contribution is 2.27. The zero-order valence-electron chi connectivity index (χ0n) is 10.6. The summed E-state index contributed by atoms with van der Waals surface area (Å²) in [5.41, 5.74) is 0.956. The van der Waals surface area contributed by atoms with Crippen LogP contribution < -0.4 is 0 Å². The van der Waals surface area contributed by atoms with E-state index in [0.29, 0.717) is 5.92 Å². The number of hydrogen-bond donors (Lipinski definition) is 1. The number of hydrogen-bond acceptors (Lipinski definition) is 2. The first-order chi connectivity index (χ1) is 7.26. The summed E-state index contributed by atoms with van der Waals surface area (Å²) in [6.45, 7) is 7.67. The molecule has 1 aromatic rings. The van der Waals surface area contributed by atoms with Gasteiger partial charge < -0.3 is 5.11 Å². The third kappa shape index (κ3) is 2.26. The Morgan fingerprint density at radius 2 is 2.12 bits per heavy atom. The van der Waals surface area contributed by atoms with E-state index in [1.165, 1.54) is 0 Å². The van der Waals surface area contributed by atoms with E-state index < -0.39 is 11.4 Å². The Labute approximate surface area is 96.3 Å². The minimum atomic E-state index is -0.877. The van der Waals surface area contributed by atoms with Crippen LogP contribution in [-0.2, 0) is 23.7 Å². The molecule has 0 saturated heterocycles. The molecule has 1 aromatic heterocycles. The zero-order valence-corrected chi connectivity index (χ0v) is 10.6. The van der Waals surface area contributed by atoms with Crippen LogP contribution in [0, 0.1) is 5.92 Å². The summed E-state index contributed by atoms with van der Waals surface area (Å²) in [5, 5.41) is 13.4. The average molecular weight is 224 g/mol. The molecule has 0 bridgehead atoms. The molecule has 0 aliphatic rings. The predicted octanol–water partition coefficient (Wildman–Crippen LogP) is 1.98. The number of rotatable bonds is 4. The number of carbonyl (C=O) groups is 1. The molecule has 0 radical (unpaired) electrons. The highest BCUT2D eigenvalue weighted by atomic mass is 16.4. The molecule has 0 aliphatic heterocycles. The molecular formula is C12H20N2O2. The van der Waals surface area contributed by atoms with Crippen molar-refractivity contribution in [1.82, 2.24) is 9.78 Å². The van der Waals surface area contributed by atoms with Gasteiger partial charge in [0.05, 0.1) is 11.6 Å². The number of nitrogens with zero attached hydrogens (tertiary/aromatic N) is 2. The van der Waals surface area contributed by atoms with E-state index >= 15 is 0 Å². The topological polar surface area (TPSA) is 55.1 Å². The quantitative estimate of drug-likeness (QED) is 0.850. The van der Waals surface area contributed by atoms with Crippen molar-refractivity contribution in [2.75, 3.05) is 0 Å². The molecular weight excluding hydrogens is 204 g/mol. The zero-order chi connectivity index (χ0) is 12.5. The standard InChI is InChI=1S/C12H20N2O2/c1-8(2)6-10-9(7-13-14(10)5)12(3,4)11(15)16/h7-8H,6H2,1-5H3,(H,15,16). The lowest BCUT2D eigenvalue weighted by atomic mass is 9.83. The maximum atomic E-state index is 11.2. The van der Waals surface area contributed by atoms with Crippen LogP contribution in [0.4, 0.5) is 0 Å². The molecule has 0 aliphatic carbocycles. The molecule has 90 valence electrons. The molecule has 1 rings (SSSR count). The summed E-state index contributed by atoms with van der Waals surface area (Å²) >= 11 is 0. The van der Waals surface area contributed by atoms with E-state index in [1.54, 1.807) is 24.7 Å². The number of aryl methyl sites for hydroxylation is 1. The first-order valence-corrected chi connectivity index (χ1v) is 5.51. The maximum absolute atomic E-state index is 11.2. The monoisotopic (exact) mass is 224 g/mol. The predicted molar refractivity (Wildman–Crippen MR) is 62.4 cm³/mol. The van der Waals surface area contributed by atoms with Gasteiger partial charge in [0.25, 0.3) is 0 Å². The molecule has 0 unspecified atom stereocenters. The van der Waals surface area contributed by atoms with Crippen molar-refractivity contribution in [3.63, 3.8) is 0 Å². The summed E-state index contributed by atoms with van der Waals surface area (Å²) in [5.74, 6) is -0.329. The Kier molecular flexibility index (Phi) is 3.41. The van der Waals surface area contributed by atoms with Crippen molar-refractivity contribution < 1.29 is 9.90 Å². The summed E-state index contributed by atoms with van der Waals surface area (Å²) in [6.07, 6.45) is 2.52. The number of aromatic nitrogens is 2. The Morgan fingerprint density at radius 3 is 2.56 bits per heavy atom. The van der Waals surface area contributed by atoms with Gasteiger partial charge in [-0.25, -0.2) is 0 Å². The second-order valence-corrected chi connectivity index (χ2v) is 5.16. The highest BCUT2D eigenvalue weighted by Gasteiger charge is 2.33. The summed E-state index contributed by atoms with van der Waals surface area (Å²) in [7, 11) is 1.86. The average Bonchev–Trinajstić information content (AvgIpc) is 2.47. The lowest BCUT2D eigenvalue weighted by Gasteiger charge is -2.20. The second kappa shape index (κ2) is 4.28. The van der Waals surface area contributed by atoms with Gasteiger partial charge in [0.1, 0.15) is 0 Å². The molecule has 1 heterocycles. The van der Waals surface area contributed by atoms with Crippen molar-refractivity contribution in [3.05, 3.63) is 17.5 Å². The smallest absolute Gasteiger partial charge is 0.313 e. The highest BCUT2D eigenvalue weighted by molar-refractivity contribution is 5.80. The van der Waals surface area contributed by atoms with E-state index in [4.69, 9.17) is 0 Å². The fraction of sp³-hybridized carbons (Fsp3) is 0.667. The van der Waals surface area contributed by atoms with Crippen LogP contribution in [0.5, 0.6) is 0 Å². The van der Waals surface area contributed by atoms with E-state index in [1.807, 2.05) is 7.05 Å². The Hall–Kier alpha value is -1.32. The number of aliphatic carboxylic acids is 1. The van der Waals surface area contributed by atoms with Gasteiger partial charge in [-0.3, -0.25) is 9.48 Å². The van der Waals surface area contributed by atoms with Gasteiger partial charge in [-0.05, 0) is 26.2 Å². The van der Waals surface area contributed by atoms with Gasteiger partial charge in [-0.2, -0.15) is 5.10 Å². The lowest BCUT2D eigenvalue weighted by Crippen LogP contribution is -2.29. The molecule has 4 nitrogen and oxygen atoms in total. The van der Waals surface area contributed by atoms with E-state index in [2.05, 4.69) is 18.9 Å². The first kappa shape index (κ1) is 12.7. The SMILES string of the molecule is CC(C)Cc1c(C(C)(C)C(=O)O)cnn1C. The lowest BCUT2D eigenvalue weighted by molar-refractivity contribution is -0.142.